The zero-order valence-electron chi connectivity index (χ0n) is 9.49. The van der Waals surface area contributed by atoms with Gasteiger partial charge in [-0.1, -0.05) is 0 Å². The first kappa shape index (κ1) is 10.5. The topological polar surface area (TPSA) is 80.6 Å². The Kier molecular flexibility index (Phi) is 2.16. The molecule has 18 heavy (non-hydrogen) atoms. The summed E-state index contributed by atoms with van der Waals surface area (Å²) in [5.74, 6) is -1.02. The minimum Gasteiger partial charge on any atom is -0.477 e. The maximum absolute atomic E-state index is 11.1. The van der Waals surface area contributed by atoms with Gasteiger partial charge in [-0.15, -0.1) is 0 Å². The molecular weight excluding hydrogens is 234 g/mol. The summed E-state index contributed by atoms with van der Waals surface area (Å²) in [6.07, 6.45) is 6.49. The summed E-state index contributed by atoms with van der Waals surface area (Å²) >= 11 is 0. The van der Waals surface area contributed by atoms with Crippen molar-refractivity contribution in [2.45, 2.75) is 6.92 Å². The van der Waals surface area contributed by atoms with Crippen molar-refractivity contribution in [2.75, 3.05) is 0 Å². The summed E-state index contributed by atoms with van der Waals surface area (Å²) in [6, 6.07) is 1.80. The fraction of sp³-hybridized carbons (Fsp3) is 0.0833. The molecule has 0 atom stereocenters. The molecule has 0 bridgehead atoms. The number of fused-ring (bicyclic) bond motifs is 1. The summed E-state index contributed by atoms with van der Waals surface area (Å²) in [6.45, 7) is 1.65. The van der Waals surface area contributed by atoms with Gasteiger partial charge in [-0.2, -0.15) is 5.10 Å². The number of aryl methyl sites for hydroxylation is 1. The van der Waals surface area contributed by atoms with Crippen molar-refractivity contribution in [3.8, 4) is 11.1 Å². The van der Waals surface area contributed by atoms with Crippen molar-refractivity contribution in [1.82, 2.24) is 14.6 Å². The quantitative estimate of drug-likeness (QED) is 0.744. The van der Waals surface area contributed by atoms with Crippen LogP contribution in [0.2, 0.25) is 0 Å². The van der Waals surface area contributed by atoms with Gasteiger partial charge in [0.2, 0.25) is 0 Å². The molecule has 0 aromatic carbocycles. The molecule has 0 aliphatic heterocycles. The third kappa shape index (κ3) is 1.46. The van der Waals surface area contributed by atoms with E-state index >= 15 is 0 Å². The molecule has 3 aromatic heterocycles. The second-order valence-electron chi connectivity index (χ2n) is 3.89. The molecule has 6 heteroatoms. The first-order valence-electron chi connectivity index (χ1n) is 5.27. The largest absolute Gasteiger partial charge is 0.477 e. The van der Waals surface area contributed by atoms with Crippen LogP contribution in [-0.2, 0) is 0 Å². The second-order valence-corrected chi connectivity index (χ2v) is 3.89. The number of furan rings is 1. The molecule has 3 heterocycles. The third-order valence-corrected chi connectivity index (χ3v) is 2.72. The Balaban J connectivity index is 2.23. The Morgan fingerprint density at radius 1 is 1.44 bits per heavy atom. The van der Waals surface area contributed by atoms with Crippen LogP contribution in [0, 0.1) is 6.92 Å². The molecule has 3 aromatic rings. The van der Waals surface area contributed by atoms with E-state index in [1.807, 2.05) is 0 Å². The number of nitrogens with zero attached hydrogens (tertiary/aromatic N) is 3. The van der Waals surface area contributed by atoms with Crippen LogP contribution >= 0.6 is 0 Å². The minimum atomic E-state index is -1.02. The molecule has 3 rings (SSSR count). The number of aromatic nitrogens is 3. The van der Waals surface area contributed by atoms with Crippen LogP contribution < -0.4 is 0 Å². The van der Waals surface area contributed by atoms with E-state index in [1.54, 1.807) is 37.9 Å². The van der Waals surface area contributed by atoms with E-state index in [-0.39, 0.29) is 5.56 Å². The molecule has 0 fully saturated rings. The number of rotatable bonds is 2. The van der Waals surface area contributed by atoms with Crippen LogP contribution in [0.5, 0.6) is 0 Å². The highest BCUT2D eigenvalue weighted by Gasteiger charge is 2.17. The number of hydrogen-bond donors (Lipinski definition) is 1. The van der Waals surface area contributed by atoms with Crippen LogP contribution in [0.1, 0.15) is 16.1 Å². The lowest BCUT2D eigenvalue weighted by molar-refractivity contribution is 0.0698. The lowest BCUT2D eigenvalue weighted by Gasteiger charge is -1.98. The molecule has 0 aliphatic rings. The molecule has 0 saturated carbocycles. The van der Waals surface area contributed by atoms with Gasteiger partial charge in [0.1, 0.15) is 5.56 Å². The molecule has 90 valence electrons. The van der Waals surface area contributed by atoms with Crippen molar-refractivity contribution in [2.24, 2.45) is 0 Å². The third-order valence-electron chi connectivity index (χ3n) is 2.72. The van der Waals surface area contributed by atoms with E-state index in [0.717, 1.165) is 11.1 Å². The van der Waals surface area contributed by atoms with E-state index in [2.05, 4.69) is 10.1 Å². The summed E-state index contributed by atoms with van der Waals surface area (Å²) in [5, 5.41) is 13.2. The SMILES string of the molecule is Cc1nn2cc(-c3ccoc3)cnc2c1C(=O)O. The van der Waals surface area contributed by atoms with Gasteiger partial charge in [0.25, 0.3) is 0 Å². The predicted octanol–water partition coefficient (Wildman–Crippen LogP) is 2.00. The predicted molar refractivity (Wildman–Crippen MR) is 62.4 cm³/mol. The Bertz CT molecular complexity index is 728. The van der Waals surface area contributed by atoms with Crippen molar-refractivity contribution in [3.05, 3.63) is 42.2 Å². The number of aromatic carboxylic acids is 1. The van der Waals surface area contributed by atoms with Crippen molar-refractivity contribution < 1.29 is 14.3 Å². The fourth-order valence-corrected chi connectivity index (χ4v) is 1.87. The Morgan fingerprint density at radius 3 is 2.94 bits per heavy atom. The lowest BCUT2D eigenvalue weighted by atomic mass is 10.2. The van der Waals surface area contributed by atoms with Gasteiger partial charge in [0, 0.05) is 23.5 Å². The fourth-order valence-electron chi connectivity index (χ4n) is 1.87. The average Bonchev–Trinajstić information content (AvgIpc) is 2.92. The number of carboxylic acid groups (broad SMARTS) is 1. The standard InChI is InChI=1S/C12H9N3O3/c1-7-10(12(16)17)11-13-4-9(5-15(11)14-7)8-2-3-18-6-8/h2-6H,1H3,(H,16,17). The van der Waals surface area contributed by atoms with Gasteiger partial charge >= 0.3 is 5.97 Å². The van der Waals surface area contributed by atoms with E-state index in [1.165, 1.54) is 4.52 Å². The van der Waals surface area contributed by atoms with Gasteiger partial charge in [-0.05, 0) is 13.0 Å². The highest BCUT2D eigenvalue weighted by atomic mass is 16.4. The number of hydrogen-bond acceptors (Lipinski definition) is 4. The van der Waals surface area contributed by atoms with Crippen LogP contribution in [0.25, 0.3) is 16.8 Å². The Hall–Kier alpha value is -2.63. The van der Waals surface area contributed by atoms with Gasteiger partial charge in [-0.3, -0.25) is 0 Å². The first-order valence-corrected chi connectivity index (χ1v) is 5.27. The molecular formula is C12H9N3O3. The monoisotopic (exact) mass is 243 g/mol. The van der Waals surface area contributed by atoms with Crippen LogP contribution in [0.3, 0.4) is 0 Å². The molecule has 0 spiro atoms. The zero-order valence-corrected chi connectivity index (χ0v) is 9.49. The van der Waals surface area contributed by atoms with Gasteiger partial charge < -0.3 is 9.52 Å². The van der Waals surface area contributed by atoms with Crippen LogP contribution in [0.15, 0.2) is 35.4 Å². The average molecular weight is 243 g/mol. The summed E-state index contributed by atoms with van der Waals surface area (Å²) in [7, 11) is 0. The summed E-state index contributed by atoms with van der Waals surface area (Å²) < 4.78 is 6.47. The Labute approximate surface area is 101 Å². The smallest absolute Gasteiger partial charge is 0.341 e. The second kappa shape index (κ2) is 3.69. The summed E-state index contributed by atoms with van der Waals surface area (Å²) in [4.78, 5) is 15.3. The van der Waals surface area contributed by atoms with E-state index in [0.29, 0.717) is 11.3 Å². The maximum atomic E-state index is 11.1. The maximum Gasteiger partial charge on any atom is 0.341 e. The molecule has 0 amide bonds. The van der Waals surface area contributed by atoms with Gasteiger partial charge in [0.05, 0.1) is 18.2 Å². The molecule has 1 N–H and O–H groups in total. The van der Waals surface area contributed by atoms with Gasteiger partial charge in [-0.25, -0.2) is 14.3 Å². The molecule has 0 radical (unpaired) electrons. The normalized spacial score (nSPS) is 10.9. The first-order chi connectivity index (χ1) is 8.66. The summed E-state index contributed by atoms with van der Waals surface area (Å²) in [5.41, 5.74) is 2.60. The Morgan fingerprint density at radius 2 is 2.28 bits per heavy atom. The number of carbonyl (C=O) groups is 1. The minimum absolute atomic E-state index is 0.133. The highest BCUT2D eigenvalue weighted by molar-refractivity contribution is 5.95. The van der Waals surface area contributed by atoms with Gasteiger partial charge in [0.15, 0.2) is 5.65 Å². The van der Waals surface area contributed by atoms with Crippen molar-refractivity contribution in [3.63, 3.8) is 0 Å². The van der Waals surface area contributed by atoms with Crippen molar-refractivity contribution >= 4 is 11.6 Å². The lowest BCUT2D eigenvalue weighted by Crippen LogP contribution is -1.99. The van der Waals surface area contributed by atoms with E-state index in [4.69, 9.17) is 9.52 Å². The van der Waals surface area contributed by atoms with Crippen LogP contribution in [0.4, 0.5) is 0 Å². The van der Waals surface area contributed by atoms with E-state index < -0.39 is 5.97 Å². The number of carboxylic acids is 1. The molecule has 6 nitrogen and oxygen atoms in total. The highest BCUT2D eigenvalue weighted by Crippen LogP contribution is 2.21. The molecule has 0 saturated heterocycles. The zero-order chi connectivity index (χ0) is 12.7. The molecule has 0 unspecified atom stereocenters. The van der Waals surface area contributed by atoms with Crippen LogP contribution in [-0.4, -0.2) is 25.7 Å². The van der Waals surface area contributed by atoms with Crippen molar-refractivity contribution in [1.29, 1.82) is 0 Å². The van der Waals surface area contributed by atoms with E-state index in [9.17, 15) is 4.79 Å². The molecule has 0 aliphatic carbocycles.